The van der Waals surface area contributed by atoms with Crippen molar-refractivity contribution in [3.63, 3.8) is 0 Å². The van der Waals surface area contributed by atoms with Gasteiger partial charge in [-0.15, -0.1) is 0 Å². The van der Waals surface area contributed by atoms with E-state index in [1.54, 1.807) is 6.20 Å². The molecule has 2 aromatic carbocycles. The number of hydrogen-bond donors (Lipinski definition) is 1. The van der Waals surface area contributed by atoms with Crippen molar-refractivity contribution in [1.29, 1.82) is 0 Å². The second kappa shape index (κ2) is 5.92. The summed E-state index contributed by atoms with van der Waals surface area (Å²) in [6.45, 7) is 2.08. The molecule has 3 aromatic rings. The van der Waals surface area contributed by atoms with E-state index in [0.29, 0.717) is 10.0 Å². The summed E-state index contributed by atoms with van der Waals surface area (Å²) in [6, 6.07) is 12.1. The average Bonchev–Trinajstić information content (AvgIpc) is 2.99. The number of nitrogens with one attached hydrogen (secondary N) is 1. The molecule has 0 amide bonds. The topological polar surface area (TPSA) is 28.7 Å². The maximum atomic E-state index is 6.09. The minimum absolute atomic E-state index is 0.579. The molecule has 0 saturated heterocycles. The van der Waals surface area contributed by atoms with E-state index < -0.39 is 0 Å². The lowest BCUT2D eigenvalue weighted by Crippen LogP contribution is -1.94. The van der Waals surface area contributed by atoms with E-state index in [2.05, 4.69) is 35.1 Å². The van der Waals surface area contributed by atoms with E-state index in [1.807, 2.05) is 24.4 Å². The van der Waals surface area contributed by atoms with E-state index in [4.69, 9.17) is 23.2 Å². The molecule has 0 saturated carbocycles. The largest absolute Gasteiger partial charge is 0.345 e. The van der Waals surface area contributed by atoms with Crippen LogP contribution < -0.4 is 0 Å². The Morgan fingerprint density at radius 1 is 1.05 bits per heavy atom. The molecule has 3 rings (SSSR count). The van der Waals surface area contributed by atoms with Gasteiger partial charge in [0.25, 0.3) is 0 Å². The number of aromatic nitrogens is 2. The molecule has 106 valence electrons. The van der Waals surface area contributed by atoms with Crippen molar-refractivity contribution >= 4 is 23.2 Å². The maximum absolute atomic E-state index is 6.09. The Hall–Kier alpha value is -1.77. The summed E-state index contributed by atoms with van der Waals surface area (Å²) in [5.41, 5.74) is 4.65. The van der Waals surface area contributed by atoms with E-state index in [1.165, 1.54) is 11.1 Å². The molecule has 0 unspecified atom stereocenters. The fraction of sp³-hybridized carbons (Fsp3) is 0.118. The van der Waals surface area contributed by atoms with Gasteiger partial charge in [-0.1, -0.05) is 47.0 Å². The van der Waals surface area contributed by atoms with Gasteiger partial charge < -0.3 is 4.98 Å². The van der Waals surface area contributed by atoms with Gasteiger partial charge in [-0.25, -0.2) is 4.98 Å². The van der Waals surface area contributed by atoms with E-state index in [-0.39, 0.29) is 0 Å². The monoisotopic (exact) mass is 316 g/mol. The zero-order valence-electron chi connectivity index (χ0n) is 11.5. The van der Waals surface area contributed by atoms with Gasteiger partial charge in [-0.2, -0.15) is 0 Å². The van der Waals surface area contributed by atoms with Crippen molar-refractivity contribution < 1.29 is 0 Å². The highest BCUT2D eigenvalue weighted by molar-refractivity contribution is 6.42. The smallest absolute Gasteiger partial charge is 0.137 e. The second-order valence-electron chi connectivity index (χ2n) is 5.02. The van der Waals surface area contributed by atoms with Crippen molar-refractivity contribution in [2.24, 2.45) is 0 Å². The van der Waals surface area contributed by atoms with Gasteiger partial charge in [0.15, 0.2) is 0 Å². The van der Waals surface area contributed by atoms with Gasteiger partial charge in [-0.3, -0.25) is 0 Å². The average molecular weight is 317 g/mol. The molecule has 1 N–H and O–H groups in total. The Morgan fingerprint density at radius 2 is 1.90 bits per heavy atom. The van der Waals surface area contributed by atoms with Crippen LogP contribution in [-0.4, -0.2) is 9.97 Å². The number of H-pyrrole nitrogens is 1. The molecule has 1 heterocycles. The van der Waals surface area contributed by atoms with E-state index in [9.17, 15) is 0 Å². The highest BCUT2D eigenvalue weighted by Crippen LogP contribution is 2.27. The minimum atomic E-state index is 0.579. The number of imidazole rings is 1. The number of nitrogens with zero attached hydrogens (tertiary/aromatic N) is 1. The lowest BCUT2D eigenvalue weighted by atomic mass is 9.97. The molecule has 0 bridgehead atoms. The Kier molecular flexibility index (Phi) is 4.00. The summed E-state index contributed by atoms with van der Waals surface area (Å²) in [7, 11) is 0. The summed E-state index contributed by atoms with van der Waals surface area (Å²) >= 11 is 12.1. The Bertz CT molecular complexity index is 764. The predicted molar refractivity (Wildman–Crippen MR) is 88.0 cm³/mol. The van der Waals surface area contributed by atoms with E-state index >= 15 is 0 Å². The zero-order valence-corrected chi connectivity index (χ0v) is 13.0. The first-order valence-electron chi connectivity index (χ1n) is 6.66. The molecule has 0 radical (unpaired) electrons. The highest BCUT2D eigenvalue weighted by Gasteiger charge is 2.09. The molecule has 4 heteroatoms. The molecular formula is C17H14Cl2N2. The normalized spacial score (nSPS) is 10.8. The van der Waals surface area contributed by atoms with Crippen LogP contribution in [-0.2, 0) is 6.42 Å². The quantitative estimate of drug-likeness (QED) is 0.699. The van der Waals surface area contributed by atoms with Crippen LogP contribution in [0.3, 0.4) is 0 Å². The molecule has 0 aliphatic carbocycles. The van der Waals surface area contributed by atoms with Gasteiger partial charge in [-0.05, 0) is 42.7 Å². The molecule has 0 atom stereocenters. The molecule has 0 aliphatic heterocycles. The van der Waals surface area contributed by atoms with Crippen molar-refractivity contribution in [1.82, 2.24) is 9.97 Å². The minimum Gasteiger partial charge on any atom is -0.345 e. The molecule has 21 heavy (non-hydrogen) atoms. The van der Waals surface area contributed by atoms with Crippen molar-refractivity contribution in [2.75, 3.05) is 0 Å². The Morgan fingerprint density at radius 3 is 2.62 bits per heavy atom. The summed E-state index contributed by atoms with van der Waals surface area (Å²) in [4.78, 5) is 7.53. The third-order valence-electron chi connectivity index (χ3n) is 3.40. The van der Waals surface area contributed by atoms with Crippen LogP contribution in [0.4, 0.5) is 0 Å². The van der Waals surface area contributed by atoms with Crippen LogP contribution in [0.5, 0.6) is 0 Å². The third-order valence-corrected chi connectivity index (χ3v) is 4.14. The molecule has 2 nitrogen and oxygen atoms in total. The fourth-order valence-corrected chi connectivity index (χ4v) is 2.67. The molecular weight excluding hydrogens is 303 g/mol. The van der Waals surface area contributed by atoms with Crippen LogP contribution in [0.2, 0.25) is 10.0 Å². The van der Waals surface area contributed by atoms with Crippen LogP contribution in [0.1, 0.15) is 16.7 Å². The first kappa shape index (κ1) is 14.2. The standard InChI is InChI=1S/C17H14Cl2N2/c1-11-2-4-13(14(8-11)17-20-6-7-21-17)9-12-3-5-15(18)16(19)10-12/h2-8,10H,9H2,1H3,(H,20,21). The summed E-state index contributed by atoms with van der Waals surface area (Å²) in [5.74, 6) is 0.883. The van der Waals surface area contributed by atoms with Gasteiger partial charge in [0.1, 0.15) is 5.82 Å². The van der Waals surface area contributed by atoms with Gasteiger partial charge in [0.2, 0.25) is 0 Å². The Labute approximate surface area is 133 Å². The SMILES string of the molecule is Cc1ccc(Cc2ccc(Cl)c(Cl)c2)c(-c2ncc[nH]2)c1. The first-order valence-corrected chi connectivity index (χ1v) is 7.42. The second-order valence-corrected chi connectivity index (χ2v) is 5.84. The predicted octanol–water partition coefficient (Wildman–Crippen LogP) is 5.28. The number of rotatable bonds is 3. The number of benzene rings is 2. The molecule has 0 spiro atoms. The number of aryl methyl sites for hydroxylation is 1. The number of halogens is 2. The fourth-order valence-electron chi connectivity index (χ4n) is 2.35. The van der Waals surface area contributed by atoms with Crippen LogP contribution in [0.15, 0.2) is 48.8 Å². The summed E-state index contributed by atoms with van der Waals surface area (Å²) in [6.07, 6.45) is 4.38. The van der Waals surface area contributed by atoms with Gasteiger partial charge in [0, 0.05) is 18.0 Å². The first-order chi connectivity index (χ1) is 10.1. The van der Waals surface area contributed by atoms with Crippen LogP contribution in [0.25, 0.3) is 11.4 Å². The maximum Gasteiger partial charge on any atom is 0.137 e. The third kappa shape index (κ3) is 3.12. The van der Waals surface area contributed by atoms with Gasteiger partial charge >= 0.3 is 0 Å². The lowest BCUT2D eigenvalue weighted by molar-refractivity contribution is 1.17. The molecule has 0 fully saturated rings. The van der Waals surface area contributed by atoms with E-state index in [0.717, 1.165) is 23.4 Å². The molecule has 0 aliphatic rings. The van der Waals surface area contributed by atoms with Crippen molar-refractivity contribution in [2.45, 2.75) is 13.3 Å². The summed E-state index contributed by atoms with van der Waals surface area (Å²) < 4.78 is 0. The lowest BCUT2D eigenvalue weighted by Gasteiger charge is -2.10. The highest BCUT2D eigenvalue weighted by atomic mass is 35.5. The van der Waals surface area contributed by atoms with Crippen LogP contribution >= 0.6 is 23.2 Å². The molecule has 1 aromatic heterocycles. The number of hydrogen-bond acceptors (Lipinski definition) is 1. The van der Waals surface area contributed by atoms with Crippen molar-refractivity contribution in [3.8, 4) is 11.4 Å². The zero-order chi connectivity index (χ0) is 14.8. The van der Waals surface area contributed by atoms with Crippen molar-refractivity contribution in [3.05, 3.63) is 75.5 Å². The number of aromatic amines is 1. The van der Waals surface area contributed by atoms with Crippen LogP contribution in [0, 0.1) is 6.92 Å². The summed E-state index contributed by atoms with van der Waals surface area (Å²) in [5, 5.41) is 1.16. The Balaban J connectivity index is 2.00. The van der Waals surface area contributed by atoms with Gasteiger partial charge in [0.05, 0.1) is 10.0 Å².